The van der Waals surface area contributed by atoms with Crippen molar-refractivity contribution in [3.63, 3.8) is 0 Å². The summed E-state index contributed by atoms with van der Waals surface area (Å²) in [6.07, 6.45) is 2.77. The van der Waals surface area contributed by atoms with E-state index in [9.17, 15) is 13.2 Å². The zero-order valence-corrected chi connectivity index (χ0v) is 16.0. The highest BCUT2D eigenvalue weighted by molar-refractivity contribution is 9.10. The number of aromatic nitrogens is 5. The fraction of sp³-hybridized carbons (Fsp3) is 0.375. The maximum absolute atomic E-state index is 13.4. The minimum atomic E-state index is -4.60. The van der Waals surface area contributed by atoms with Crippen LogP contribution in [-0.4, -0.2) is 43.5 Å². The Kier molecular flexibility index (Phi) is 5.06. The third-order valence-electron chi connectivity index (χ3n) is 4.28. The summed E-state index contributed by atoms with van der Waals surface area (Å²) in [5, 5.41) is 8.98. The third kappa shape index (κ3) is 4.17. The number of anilines is 3. The first-order valence-electron chi connectivity index (χ1n) is 8.57. The van der Waals surface area contributed by atoms with Gasteiger partial charge in [0, 0.05) is 25.0 Å². The molecular weight excluding hydrogens is 441 g/mol. The van der Waals surface area contributed by atoms with Crippen molar-refractivity contribution in [2.45, 2.75) is 25.1 Å². The second-order valence-corrected chi connectivity index (χ2v) is 7.18. The van der Waals surface area contributed by atoms with E-state index in [-0.39, 0.29) is 23.6 Å². The lowest BCUT2D eigenvalue weighted by Gasteiger charge is -2.24. The van der Waals surface area contributed by atoms with E-state index in [1.54, 1.807) is 16.8 Å². The number of imidazole rings is 1. The van der Waals surface area contributed by atoms with Gasteiger partial charge in [0.15, 0.2) is 11.5 Å². The van der Waals surface area contributed by atoms with E-state index in [1.165, 1.54) is 6.20 Å². The molecule has 28 heavy (non-hydrogen) atoms. The highest BCUT2D eigenvalue weighted by atomic mass is 79.9. The lowest BCUT2D eigenvalue weighted by Crippen LogP contribution is -2.38. The topological polar surface area (TPSA) is 92.1 Å². The third-order valence-corrected chi connectivity index (χ3v) is 4.69. The minimum absolute atomic E-state index is 0.0666. The van der Waals surface area contributed by atoms with Crippen LogP contribution in [0.4, 0.5) is 30.8 Å². The quantitative estimate of drug-likeness (QED) is 0.554. The molecule has 1 saturated heterocycles. The molecule has 3 aromatic heterocycles. The first-order chi connectivity index (χ1) is 13.4. The number of fused-ring (bicyclic) bond motifs is 1. The van der Waals surface area contributed by atoms with Crippen LogP contribution < -0.4 is 16.0 Å². The van der Waals surface area contributed by atoms with Crippen LogP contribution in [0.2, 0.25) is 0 Å². The van der Waals surface area contributed by atoms with E-state index in [0.717, 1.165) is 25.6 Å². The monoisotopic (exact) mass is 456 g/mol. The van der Waals surface area contributed by atoms with Crippen molar-refractivity contribution in [2.75, 3.05) is 23.7 Å². The van der Waals surface area contributed by atoms with Gasteiger partial charge in [0.25, 0.3) is 0 Å². The van der Waals surface area contributed by atoms with Crippen LogP contribution in [0.15, 0.2) is 29.4 Å². The number of hydrogen-bond donors (Lipinski definition) is 3. The van der Waals surface area contributed by atoms with Crippen LogP contribution in [0.25, 0.3) is 5.65 Å². The number of rotatable bonds is 4. The summed E-state index contributed by atoms with van der Waals surface area (Å²) in [6, 6.07) is 0.0666. The Balaban J connectivity index is 1.64. The summed E-state index contributed by atoms with van der Waals surface area (Å²) < 4.78 is 42.4. The Morgan fingerprint density at radius 3 is 2.79 bits per heavy atom. The van der Waals surface area contributed by atoms with Gasteiger partial charge in [-0.05, 0) is 35.3 Å². The molecule has 0 saturated carbocycles. The Hall–Kier alpha value is -2.47. The van der Waals surface area contributed by atoms with Crippen LogP contribution in [0.1, 0.15) is 18.4 Å². The fourth-order valence-electron chi connectivity index (χ4n) is 2.97. The molecule has 4 rings (SSSR count). The van der Waals surface area contributed by atoms with Crippen LogP contribution >= 0.6 is 15.9 Å². The van der Waals surface area contributed by atoms with Crippen molar-refractivity contribution in [3.05, 3.63) is 35.0 Å². The molecule has 1 atom stereocenters. The molecule has 3 N–H and O–H groups in total. The van der Waals surface area contributed by atoms with E-state index >= 15 is 0 Å². The number of hydrogen-bond acceptors (Lipinski definition) is 7. The van der Waals surface area contributed by atoms with Crippen molar-refractivity contribution in [2.24, 2.45) is 0 Å². The number of piperidine rings is 1. The molecule has 4 heterocycles. The summed E-state index contributed by atoms with van der Waals surface area (Å²) in [5.74, 6) is -0.00374. The SMILES string of the molecule is FC(F)(F)c1cnc(N[C@H]2CCCNC2)nc1Nc1cn2cc(Br)ncc2n1. The zero-order valence-electron chi connectivity index (χ0n) is 14.5. The van der Waals surface area contributed by atoms with Gasteiger partial charge < -0.3 is 20.4 Å². The van der Waals surface area contributed by atoms with Crippen LogP contribution in [-0.2, 0) is 6.18 Å². The lowest BCUT2D eigenvalue weighted by atomic mass is 10.1. The molecule has 1 fully saturated rings. The van der Waals surface area contributed by atoms with Crippen molar-refractivity contribution in [1.82, 2.24) is 29.7 Å². The van der Waals surface area contributed by atoms with Crippen molar-refractivity contribution < 1.29 is 13.2 Å². The molecule has 0 radical (unpaired) electrons. The summed E-state index contributed by atoms with van der Waals surface area (Å²) in [5.41, 5.74) is -0.476. The van der Waals surface area contributed by atoms with E-state index in [0.29, 0.717) is 16.8 Å². The van der Waals surface area contributed by atoms with Crippen LogP contribution in [0, 0.1) is 0 Å². The van der Waals surface area contributed by atoms with Crippen molar-refractivity contribution >= 4 is 39.2 Å². The summed E-state index contributed by atoms with van der Waals surface area (Å²) >= 11 is 3.24. The first kappa shape index (κ1) is 18.9. The molecule has 0 spiro atoms. The highest BCUT2D eigenvalue weighted by Crippen LogP contribution is 2.35. The van der Waals surface area contributed by atoms with Gasteiger partial charge in [-0.25, -0.2) is 15.0 Å². The Labute approximate surface area is 166 Å². The van der Waals surface area contributed by atoms with Gasteiger partial charge in [-0.3, -0.25) is 0 Å². The smallest absolute Gasteiger partial charge is 0.350 e. The fourth-order valence-corrected chi connectivity index (χ4v) is 3.29. The van der Waals surface area contributed by atoms with Gasteiger partial charge in [-0.1, -0.05) is 0 Å². The van der Waals surface area contributed by atoms with Gasteiger partial charge in [0.05, 0.1) is 12.4 Å². The normalized spacial score (nSPS) is 17.6. The largest absolute Gasteiger partial charge is 0.421 e. The standard InChI is InChI=1S/C16H16BrF3N8/c17-11-7-28-8-12(25-13(28)6-22-11)26-14-10(16(18,19)20)5-23-15(27-14)24-9-2-1-3-21-4-9/h5-9,21H,1-4H2,(H2,23,24,26,27)/t9-/m0/s1. The van der Waals surface area contributed by atoms with Gasteiger partial charge >= 0.3 is 6.18 Å². The first-order valence-corrected chi connectivity index (χ1v) is 9.36. The number of nitrogens with zero attached hydrogens (tertiary/aromatic N) is 5. The van der Waals surface area contributed by atoms with E-state index in [4.69, 9.17) is 0 Å². The van der Waals surface area contributed by atoms with E-state index in [2.05, 4.69) is 51.8 Å². The average molecular weight is 457 g/mol. The average Bonchev–Trinajstić information content (AvgIpc) is 3.03. The van der Waals surface area contributed by atoms with Crippen molar-refractivity contribution in [1.29, 1.82) is 0 Å². The molecule has 0 aromatic carbocycles. The number of halogens is 4. The molecule has 1 aliphatic rings. The maximum Gasteiger partial charge on any atom is 0.421 e. The molecule has 0 amide bonds. The van der Waals surface area contributed by atoms with Gasteiger partial charge in [0.2, 0.25) is 5.95 Å². The Bertz CT molecular complexity index is 984. The Morgan fingerprint density at radius 2 is 2.04 bits per heavy atom. The Morgan fingerprint density at radius 1 is 1.18 bits per heavy atom. The summed E-state index contributed by atoms with van der Waals surface area (Å²) in [4.78, 5) is 16.2. The molecule has 0 unspecified atom stereocenters. The summed E-state index contributed by atoms with van der Waals surface area (Å²) in [6.45, 7) is 1.64. The number of nitrogens with one attached hydrogen (secondary N) is 3. The van der Waals surface area contributed by atoms with Gasteiger partial charge in [-0.15, -0.1) is 0 Å². The second-order valence-electron chi connectivity index (χ2n) is 6.37. The maximum atomic E-state index is 13.4. The molecule has 0 aliphatic carbocycles. The zero-order chi connectivity index (χ0) is 19.7. The molecular formula is C16H16BrF3N8. The van der Waals surface area contributed by atoms with Crippen molar-refractivity contribution in [3.8, 4) is 0 Å². The minimum Gasteiger partial charge on any atom is -0.350 e. The molecule has 12 heteroatoms. The van der Waals surface area contributed by atoms with Crippen LogP contribution in [0.5, 0.6) is 0 Å². The number of alkyl halides is 3. The molecule has 1 aliphatic heterocycles. The van der Waals surface area contributed by atoms with Gasteiger partial charge in [-0.2, -0.15) is 18.2 Å². The highest BCUT2D eigenvalue weighted by Gasteiger charge is 2.35. The molecule has 3 aromatic rings. The molecule has 148 valence electrons. The lowest BCUT2D eigenvalue weighted by molar-refractivity contribution is -0.137. The predicted molar refractivity (Wildman–Crippen MR) is 101 cm³/mol. The molecule has 8 nitrogen and oxygen atoms in total. The van der Waals surface area contributed by atoms with E-state index < -0.39 is 11.7 Å². The molecule has 0 bridgehead atoms. The summed E-state index contributed by atoms with van der Waals surface area (Å²) in [7, 11) is 0. The van der Waals surface area contributed by atoms with Crippen LogP contribution in [0.3, 0.4) is 0 Å². The van der Waals surface area contributed by atoms with Gasteiger partial charge in [0.1, 0.15) is 16.0 Å². The second kappa shape index (κ2) is 7.51. The van der Waals surface area contributed by atoms with E-state index in [1.807, 2.05) is 0 Å². The predicted octanol–water partition coefficient (Wildman–Crippen LogP) is 3.21.